The van der Waals surface area contributed by atoms with Gasteiger partial charge in [-0.15, -0.1) is 0 Å². The zero-order valence-corrected chi connectivity index (χ0v) is 12.8. The highest BCUT2D eigenvalue weighted by molar-refractivity contribution is 14.1. The molecule has 7 heteroatoms. The molecule has 20 heavy (non-hydrogen) atoms. The molecule has 1 heterocycles. The third kappa shape index (κ3) is 3.86. The van der Waals surface area contributed by atoms with Crippen molar-refractivity contribution >= 4 is 39.5 Å². The molecule has 4 N–H and O–H groups in total. The highest BCUT2D eigenvalue weighted by Gasteiger charge is 2.07. The highest BCUT2D eigenvalue weighted by atomic mass is 127. The SMILES string of the molecule is NC(N)=NCCCOc1cc(=O)oc2ccc(I)cc12. The van der Waals surface area contributed by atoms with E-state index in [0.717, 1.165) is 8.96 Å². The van der Waals surface area contributed by atoms with Crippen LogP contribution in [0.2, 0.25) is 0 Å². The number of hydrogen-bond acceptors (Lipinski definition) is 4. The van der Waals surface area contributed by atoms with Gasteiger partial charge in [0.2, 0.25) is 0 Å². The quantitative estimate of drug-likeness (QED) is 0.266. The first kappa shape index (κ1) is 14.6. The molecule has 0 aliphatic heterocycles. The Balaban J connectivity index is 2.14. The van der Waals surface area contributed by atoms with E-state index >= 15 is 0 Å². The summed E-state index contributed by atoms with van der Waals surface area (Å²) in [6, 6.07) is 6.88. The predicted octanol–water partition coefficient (Wildman–Crippen LogP) is 1.44. The third-order valence-electron chi connectivity index (χ3n) is 2.52. The Kier molecular flexibility index (Phi) is 4.83. The second-order valence-corrected chi connectivity index (χ2v) is 5.32. The van der Waals surface area contributed by atoms with Crippen LogP contribution in [0.3, 0.4) is 0 Å². The lowest BCUT2D eigenvalue weighted by Crippen LogP contribution is -2.23. The normalized spacial score (nSPS) is 10.4. The molecule has 2 aromatic rings. The Morgan fingerprint density at radius 2 is 2.15 bits per heavy atom. The van der Waals surface area contributed by atoms with Crippen molar-refractivity contribution in [2.45, 2.75) is 6.42 Å². The number of guanidine groups is 1. The van der Waals surface area contributed by atoms with Gasteiger partial charge >= 0.3 is 5.63 Å². The van der Waals surface area contributed by atoms with E-state index in [2.05, 4.69) is 27.6 Å². The van der Waals surface area contributed by atoms with Crippen LogP contribution in [0.1, 0.15) is 6.42 Å². The molecule has 0 fully saturated rings. The smallest absolute Gasteiger partial charge is 0.339 e. The highest BCUT2D eigenvalue weighted by Crippen LogP contribution is 2.25. The van der Waals surface area contributed by atoms with Crippen molar-refractivity contribution < 1.29 is 9.15 Å². The van der Waals surface area contributed by atoms with E-state index in [1.54, 1.807) is 6.07 Å². The zero-order valence-electron chi connectivity index (χ0n) is 10.6. The summed E-state index contributed by atoms with van der Waals surface area (Å²) in [7, 11) is 0. The van der Waals surface area contributed by atoms with Crippen LogP contribution in [0.25, 0.3) is 11.0 Å². The van der Waals surface area contributed by atoms with Crippen LogP contribution in [0.15, 0.2) is 38.5 Å². The predicted molar refractivity (Wildman–Crippen MR) is 86.0 cm³/mol. The average molecular weight is 387 g/mol. The van der Waals surface area contributed by atoms with E-state index in [1.165, 1.54) is 6.07 Å². The van der Waals surface area contributed by atoms with E-state index in [0.29, 0.717) is 30.9 Å². The molecule has 106 valence electrons. The topological polar surface area (TPSA) is 104 Å². The van der Waals surface area contributed by atoms with Crippen LogP contribution in [0, 0.1) is 3.57 Å². The van der Waals surface area contributed by atoms with E-state index < -0.39 is 5.63 Å². The van der Waals surface area contributed by atoms with Gasteiger partial charge in [0, 0.05) is 16.5 Å². The molecule has 1 aromatic heterocycles. The number of ether oxygens (including phenoxy) is 1. The number of rotatable bonds is 5. The lowest BCUT2D eigenvalue weighted by atomic mass is 10.2. The number of aliphatic imine (C=N–C) groups is 1. The molecule has 6 nitrogen and oxygen atoms in total. The lowest BCUT2D eigenvalue weighted by molar-refractivity contribution is 0.314. The largest absolute Gasteiger partial charge is 0.492 e. The van der Waals surface area contributed by atoms with Gasteiger partial charge in [0.15, 0.2) is 5.96 Å². The van der Waals surface area contributed by atoms with Crippen molar-refractivity contribution in [3.63, 3.8) is 0 Å². The summed E-state index contributed by atoms with van der Waals surface area (Å²) in [6.45, 7) is 0.903. The van der Waals surface area contributed by atoms with E-state index in [4.69, 9.17) is 20.6 Å². The van der Waals surface area contributed by atoms with Crippen molar-refractivity contribution in [1.29, 1.82) is 0 Å². The van der Waals surface area contributed by atoms with Crippen LogP contribution in [-0.4, -0.2) is 19.1 Å². The van der Waals surface area contributed by atoms with Gasteiger partial charge in [-0.1, -0.05) is 0 Å². The maximum absolute atomic E-state index is 11.5. The monoisotopic (exact) mass is 387 g/mol. The number of halogens is 1. The minimum atomic E-state index is -0.432. The molecular formula is C13H14IN3O3. The zero-order chi connectivity index (χ0) is 14.5. The average Bonchev–Trinajstić information content (AvgIpc) is 2.38. The molecule has 2 rings (SSSR count). The first-order chi connectivity index (χ1) is 9.56. The molecule has 0 aliphatic rings. The van der Waals surface area contributed by atoms with Gasteiger partial charge in [0.1, 0.15) is 11.3 Å². The molecular weight excluding hydrogens is 373 g/mol. The van der Waals surface area contributed by atoms with Gasteiger partial charge in [-0.05, 0) is 40.8 Å². The van der Waals surface area contributed by atoms with Crippen LogP contribution in [0.5, 0.6) is 5.75 Å². The number of nitrogens with zero attached hydrogens (tertiary/aromatic N) is 1. The molecule has 0 radical (unpaired) electrons. The van der Waals surface area contributed by atoms with E-state index in [-0.39, 0.29) is 5.96 Å². The summed E-state index contributed by atoms with van der Waals surface area (Å²) < 4.78 is 11.8. The van der Waals surface area contributed by atoms with Gasteiger partial charge < -0.3 is 20.6 Å². The second-order valence-electron chi connectivity index (χ2n) is 4.08. The van der Waals surface area contributed by atoms with Gasteiger partial charge in [0.05, 0.1) is 18.1 Å². The molecule has 0 atom stereocenters. The maximum Gasteiger partial charge on any atom is 0.339 e. The molecule has 0 spiro atoms. The van der Waals surface area contributed by atoms with Crippen molar-refractivity contribution in [2.75, 3.05) is 13.2 Å². The number of hydrogen-bond donors (Lipinski definition) is 2. The number of benzene rings is 1. The third-order valence-corrected chi connectivity index (χ3v) is 3.19. The Bertz CT molecular complexity index is 693. The second kappa shape index (κ2) is 6.60. The Morgan fingerprint density at radius 3 is 2.90 bits per heavy atom. The van der Waals surface area contributed by atoms with Gasteiger partial charge in [-0.2, -0.15) is 0 Å². The molecule has 0 aliphatic carbocycles. The van der Waals surface area contributed by atoms with Crippen molar-refractivity contribution in [3.05, 3.63) is 38.3 Å². The lowest BCUT2D eigenvalue weighted by Gasteiger charge is -2.08. The van der Waals surface area contributed by atoms with Gasteiger partial charge in [-0.3, -0.25) is 4.99 Å². The first-order valence-corrected chi connectivity index (χ1v) is 7.06. The molecule has 0 saturated carbocycles. The van der Waals surface area contributed by atoms with Crippen molar-refractivity contribution in [1.82, 2.24) is 0 Å². The maximum atomic E-state index is 11.5. The Hall–Kier alpha value is -1.77. The van der Waals surface area contributed by atoms with Crippen LogP contribution >= 0.6 is 22.6 Å². The van der Waals surface area contributed by atoms with E-state index in [1.807, 2.05) is 12.1 Å². The molecule has 0 unspecified atom stereocenters. The minimum absolute atomic E-state index is 0.0605. The molecule has 1 aromatic carbocycles. The fourth-order valence-corrected chi connectivity index (χ4v) is 2.17. The van der Waals surface area contributed by atoms with Gasteiger partial charge in [0.25, 0.3) is 0 Å². The summed E-state index contributed by atoms with van der Waals surface area (Å²) in [4.78, 5) is 15.3. The molecule has 0 amide bonds. The molecule has 0 bridgehead atoms. The van der Waals surface area contributed by atoms with E-state index in [9.17, 15) is 4.79 Å². The van der Waals surface area contributed by atoms with Crippen LogP contribution in [0.4, 0.5) is 0 Å². The summed E-state index contributed by atoms with van der Waals surface area (Å²) in [5, 5.41) is 0.776. The fraction of sp³-hybridized carbons (Fsp3) is 0.231. The Labute approximate surface area is 128 Å². The summed E-state index contributed by atoms with van der Waals surface area (Å²) in [6.07, 6.45) is 0.656. The fourth-order valence-electron chi connectivity index (χ4n) is 1.68. The van der Waals surface area contributed by atoms with Gasteiger partial charge in [-0.25, -0.2) is 4.79 Å². The molecule has 0 saturated heterocycles. The van der Waals surface area contributed by atoms with Crippen LogP contribution < -0.4 is 21.8 Å². The first-order valence-electron chi connectivity index (χ1n) is 5.98. The Morgan fingerprint density at radius 1 is 1.35 bits per heavy atom. The number of fused-ring (bicyclic) bond motifs is 1. The minimum Gasteiger partial charge on any atom is -0.492 e. The standard InChI is InChI=1S/C13H14IN3O3/c14-8-2-3-10-9(6-8)11(7-12(18)20-10)19-5-1-4-17-13(15)16/h2-3,6-7H,1,4-5H2,(H4,15,16,17). The summed E-state index contributed by atoms with van der Waals surface area (Å²) in [5.41, 5.74) is 10.5. The summed E-state index contributed by atoms with van der Waals surface area (Å²) in [5.74, 6) is 0.574. The summed E-state index contributed by atoms with van der Waals surface area (Å²) >= 11 is 2.19. The van der Waals surface area contributed by atoms with Crippen molar-refractivity contribution in [3.8, 4) is 5.75 Å². The van der Waals surface area contributed by atoms with Crippen LogP contribution in [-0.2, 0) is 0 Å². The number of nitrogens with two attached hydrogens (primary N) is 2. The van der Waals surface area contributed by atoms with Crippen molar-refractivity contribution in [2.24, 2.45) is 16.5 Å².